The quantitative estimate of drug-likeness (QED) is 0.378. The second-order valence-electron chi connectivity index (χ2n) is 5.41. The summed E-state index contributed by atoms with van der Waals surface area (Å²) in [5, 5.41) is 0. The minimum absolute atomic E-state index is 0.0203. The Kier molecular flexibility index (Phi) is 8.93. The van der Waals surface area contributed by atoms with E-state index < -0.39 is 18.0 Å². The Bertz CT molecular complexity index is 719. The third-order valence-electron chi connectivity index (χ3n) is 3.34. The van der Waals surface area contributed by atoms with Gasteiger partial charge in [-0.2, -0.15) is 0 Å². The maximum atomic E-state index is 12.1. The summed E-state index contributed by atoms with van der Waals surface area (Å²) in [6, 6.07) is 13.7. The number of benzene rings is 2. The lowest BCUT2D eigenvalue weighted by atomic mass is 10.2. The molecule has 0 radical (unpaired) electrons. The van der Waals surface area contributed by atoms with Gasteiger partial charge in [0.15, 0.2) is 0 Å². The molecule has 0 amide bonds. The first-order valence-corrected chi connectivity index (χ1v) is 9.54. The van der Waals surface area contributed by atoms with E-state index in [4.69, 9.17) is 18.9 Å². The molecule has 0 aliphatic rings. The molecule has 0 N–H and O–H groups in total. The molecule has 0 saturated heterocycles. The minimum Gasteiger partial charge on any atom is -0.459 e. The lowest BCUT2D eigenvalue weighted by Gasteiger charge is -2.17. The molecule has 0 atom stereocenters. The van der Waals surface area contributed by atoms with E-state index in [1.54, 1.807) is 36.4 Å². The highest BCUT2D eigenvalue weighted by Crippen LogP contribution is 2.14. The van der Waals surface area contributed by atoms with E-state index in [1.165, 1.54) is 7.11 Å². The molecule has 0 heterocycles. The van der Waals surface area contributed by atoms with Crippen LogP contribution in [-0.4, -0.2) is 45.2 Å². The zero-order valence-corrected chi connectivity index (χ0v) is 17.7. The zero-order chi connectivity index (χ0) is 19.6. The summed E-state index contributed by atoms with van der Waals surface area (Å²) in [4.78, 5) is 24.3. The van der Waals surface area contributed by atoms with Gasteiger partial charge >= 0.3 is 11.9 Å². The fourth-order valence-corrected chi connectivity index (χ4v) is 2.84. The van der Waals surface area contributed by atoms with Gasteiger partial charge in [-0.1, -0.05) is 44.0 Å². The second-order valence-corrected chi connectivity index (χ2v) is 7.24. The van der Waals surface area contributed by atoms with Gasteiger partial charge in [-0.25, -0.2) is 9.59 Å². The average Bonchev–Trinajstić information content (AvgIpc) is 2.66. The molecule has 0 saturated carbocycles. The smallest absolute Gasteiger partial charge is 0.338 e. The SMILES string of the molecule is COCOC(COC(=O)c1cccc(Br)c1)COC(=O)c1cccc(Br)c1. The van der Waals surface area contributed by atoms with Crippen molar-refractivity contribution in [2.45, 2.75) is 6.10 Å². The Labute approximate surface area is 174 Å². The highest BCUT2D eigenvalue weighted by molar-refractivity contribution is 9.10. The summed E-state index contributed by atoms with van der Waals surface area (Å²) < 4.78 is 22.3. The molecule has 0 aromatic heterocycles. The van der Waals surface area contributed by atoms with E-state index in [9.17, 15) is 9.59 Å². The van der Waals surface area contributed by atoms with E-state index in [2.05, 4.69) is 31.9 Å². The van der Waals surface area contributed by atoms with Gasteiger partial charge in [0.2, 0.25) is 0 Å². The van der Waals surface area contributed by atoms with Crippen LogP contribution in [0, 0.1) is 0 Å². The molecule has 2 aromatic rings. The molecular weight excluding hydrogens is 484 g/mol. The molecule has 0 aliphatic carbocycles. The molecule has 0 aliphatic heterocycles. The number of hydrogen-bond acceptors (Lipinski definition) is 6. The van der Waals surface area contributed by atoms with Gasteiger partial charge in [0.25, 0.3) is 0 Å². The second kappa shape index (κ2) is 11.2. The fraction of sp³-hybridized carbons (Fsp3) is 0.263. The Morgan fingerprint density at radius 1 is 0.889 bits per heavy atom. The highest BCUT2D eigenvalue weighted by atomic mass is 79.9. The minimum atomic E-state index is -0.655. The Hall–Kier alpha value is -1.74. The topological polar surface area (TPSA) is 71.1 Å². The van der Waals surface area contributed by atoms with Crippen LogP contribution in [0.25, 0.3) is 0 Å². The normalized spacial score (nSPS) is 10.7. The van der Waals surface area contributed by atoms with Gasteiger partial charge in [0.1, 0.15) is 26.1 Å². The number of carbonyl (C=O) groups is 2. The summed E-state index contributed by atoms with van der Waals surface area (Å²) in [5.74, 6) is -0.999. The van der Waals surface area contributed by atoms with Crippen molar-refractivity contribution in [1.82, 2.24) is 0 Å². The lowest BCUT2D eigenvalue weighted by molar-refractivity contribution is -0.106. The van der Waals surface area contributed by atoms with Crippen molar-refractivity contribution in [3.8, 4) is 0 Å². The van der Waals surface area contributed by atoms with Crippen molar-refractivity contribution in [2.24, 2.45) is 0 Å². The third kappa shape index (κ3) is 7.42. The summed E-state index contributed by atoms with van der Waals surface area (Å²) in [7, 11) is 1.47. The maximum Gasteiger partial charge on any atom is 0.338 e. The van der Waals surface area contributed by atoms with Gasteiger partial charge in [0, 0.05) is 16.1 Å². The predicted octanol–water partition coefficient (Wildman–Crippen LogP) is 4.21. The summed E-state index contributed by atoms with van der Waals surface area (Å²) in [6.45, 7) is -0.186. The van der Waals surface area contributed by atoms with Gasteiger partial charge in [0.05, 0.1) is 11.1 Å². The van der Waals surface area contributed by atoms with Crippen LogP contribution in [0.3, 0.4) is 0 Å². The molecule has 0 unspecified atom stereocenters. The molecule has 0 spiro atoms. The van der Waals surface area contributed by atoms with Crippen LogP contribution in [0.4, 0.5) is 0 Å². The maximum absolute atomic E-state index is 12.1. The lowest BCUT2D eigenvalue weighted by Crippen LogP contribution is -2.29. The molecule has 6 nitrogen and oxygen atoms in total. The molecule has 27 heavy (non-hydrogen) atoms. The molecule has 0 fully saturated rings. The van der Waals surface area contributed by atoms with E-state index in [0.717, 1.165) is 8.95 Å². The Morgan fingerprint density at radius 3 is 1.78 bits per heavy atom. The van der Waals surface area contributed by atoms with Crippen molar-refractivity contribution in [3.63, 3.8) is 0 Å². The third-order valence-corrected chi connectivity index (χ3v) is 4.33. The van der Waals surface area contributed by atoms with Crippen molar-refractivity contribution in [1.29, 1.82) is 0 Å². The standard InChI is InChI=1S/C19H18Br2O6/c1-24-12-27-17(10-25-18(22)13-4-2-6-15(20)8-13)11-26-19(23)14-5-3-7-16(21)9-14/h2-9,17H,10-12H2,1H3. The van der Waals surface area contributed by atoms with Crippen LogP contribution < -0.4 is 0 Å². The van der Waals surface area contributed by atoms with Gasteiger partial charge < -0.3 is 18.9 Å². The molecular formula is C19H18Br2O6. The van der Waals surface area contributed by atoms with Crippen LogP contribution >= 0.6 is 31.9 Å². The molecule has 8 heteroatoms. The molecule has 2 rings (SSSR count). The van der Waals surface area contributed by atoms with Crippen LogP contribution in [0.5, 0.6) is 0 Å². The first-order chi connectivity index (χ1) is 13.0. The average molecular weight is 502 g/mol. The summed E-state index contributed by atoms with van der Waals surface area (Å²) >= 11 is 6.61. The first-order valence-electron chi connectivity index (χ1n) is 7.95. The predicted molar refractivity (Wildman–Crippen MR) is 106 cm³/mol. The highest BCUT2D eigenvalue weighted by Gasteiger charge is 2.17. The number of halogens is 2. The number of methoxy groups -OCH3 is 1. The largest absolute Gasteiger partial charge is 0.459 e. The van der Waals surface area contributed by atoms with E-state index >= 15 is 0 Å². The first kappa shape index (κ1) is 21.6. The van der Waals surface area contributed by atoms with Gasteiger partial charge in [-0.05, 0) is 36.4 Å². The Morgan fingerprint density at radius 2 is 1.37 bits per heavy atom. The molecule has 144 valence electrons. The molecule has 2 aromatic carbocycles. The Balaban J connectivity index is 1.90. The van der Waals surface area contributed by atoms with Crippen molar-refractivity contribution in [3.05, 3.63) is 68.6 Å². The van der Waals surface area contributed by atoms with Crippen molar-refractivity contribution >= 4 is 43.8 Å². The van der Waals surface area contributed by atoms with Crippen LogP contribution in [-0.2, 0) is 18.9 Å². The van der Waals surface area contributed by atoms with Crippen LogP contribution in [0.2, 0.25) is 0 Å². The summed E-state index contributed by atoms with van der Waals surface area (Å²) in [6.07, 6.45) is -0.655. The van der Waals surface area contributed by atoms with Crippen LogP contribution in [0.1, 0.15) is 20.7 Å². The van der Waals surface area contributed by atoms with E-state index in [1.807, 2.05) is 12.1 Å². The van der Waals surface area contributed by atoms with Gasteiger partial charge in [-0.15, -0.1) is 0 Å². The number of esters is 2. The zero-order valence-electron chi connectivity index (χ0n) is 14.5. The summed E-state index contributed by atoms with van der Waals surface area (Å²) in [5.41, 5.74) is 0.807. The van der Waals surface area contributed by atoms with Gasteiger partial charge in [-0.3, -0.25) is 0 Å². The van der Waals surface area contributed by atoms with E-state index in [0.29, 0.717) is 11.1 Å². The monoisotopic (exact) mass is 500 g/mol. The number of carbonyl (C=O) groups excluding carboxylic acids is 2. The number of ether oxygens (including phenoxy) is 4. The molecule has 0 bridgehead atoms. The number of hydrogen-bond donors (Lipinski definition) is 0. The van der Waals surface area contributed by atoms with Crippen LogP contribution in [0.15, 0.2) is 57.5 Å². The van der Waals surface area contributed by atoms with Crippen molar-refractivity contribution < 1.29 is 28.5 Å². The fourth-order valence-electron chi connectivity index (χ4n) is 2.04. The van der Waals surface area contributed by atoms with E-state index in [-0.39, 0.29) is 20.0 Å². The van der Waals surface area contributed by atoms with Crippen molar-refractivity contribution in [2.75, 3.05) is 27.1 Å². The number of rotatable bonds is 9.